The number of aryl methyl sites for hydroxylation is 3. The zero-order chi connectivity index (χ0) is 13.3. The molecule has 2 aromatic rings. The number of hydrogen-bond donors (Lipinski definition) is 0. The predicted molar refractivity (Wildman–Crippen MR) is 78.1 cm³/mol. The van der Waals surface area contributed by atoms with E-state index in [1.165, 1.54) is 28.1 Å². The molecule has 1 heterocycles. The Kier molecular flexibility index (Phi) is 3.37. The van der Waals surface area contributed by atoms with Crippen LogP contribution in [0.2, 0.25) is 0 Å². The molecule has 0 fully saturated rings. The first kappa shape index (κ1) is 12.6. The summed E-state index contributed by atoms with van der Waals surface area (Å²) < 4.78 is 2.18. The van der Waals surface area contributed by atoms with Gasteiger partial charge in [0.1, 0.15) is 0 Å². The zero-order valence-electron chi connectivity index (χ0n) is 11.8. The van der Waals surface area contributed by atoms with Crippen molar-refractivity contribution in [1.82, 2.24) is 4.57 Å². The minimum absolute atomic E-state index is 1.01. The van der Waals surface area contributed by atoms with Gasteiger partial charge in [-0.3, -0.25) is 4.99 Å². The van der Waals surface area contributed by atoms with Gasteiger partial charge in [0.05, 0.1) is 5.69 Å². The van der Waals surface area contributed by atoms with E-state index in [9.17, 15) is 0 Å². The lowest BCUT2D eigenvalue weighted by atomic mass is 10.1. The second-order valence-electron chi connectivity index (χ2n) is 4.91. The second kappa shape index (κ2) is 4.81. The molecule has 0 spiro atoms. The third-order valence-electron chi connectivity index (χ3n) is 3.66. The number of nitrogens with zero attached hydrogens (tertiary/aromatic N) is 2. The smallest absolute Gasteiger partial charge is 0.0632 e. The summed E-state index contributed by atoms with van der Waals surface area (Å²) in [6.07, 6.45) is 1.95. The molecule has 0 saturated heterocycles. The summed E-state index contributed by atoms with van der Waals surface area (Å²) in [5, 5.41) is 0. The third kappa shape index (κ3) is 2.37. The van der Waals surface area contributed by atoms with Crippen LogP contribution in [0.1, 0.15) is 28.1 Å². The summed E-state index contributed by atoms with van der Waals surface area (Å²) >= 11 is 0. The Morgan fingerprint density at radius 2 is 1.72 bits per heavy atom. The van der Waals surface area contributed by atoms with Crippen molar-refractivity contribution >= 4 is 11.9 Å². The molecule has 0 radical (unpaired) electrons. The summed E-state index contributed by atoms with van der Waals surface area (Å²) in [7, 11) is 2.08. The van der Waals surface area contributed by atoms with Crippen LogP contribution in [0.15, 0.2) is 29.3 Å². The van der Waals surface area contributed by atoms with Gasteiger partial charge >= 0.3 is 0 Å². The Bertz CT molecular complexity index is 604. The van der Waals surface area contributed by atoms with Crippen LogP contribution in [-0.4, -0.2) is 10.8 Å². The van der Waals surface area contributed by atoms with Crippen molar-refractivity contribution < 1.29 is 0 Å². The summed E-state index contributed by atoms with van der Waals surface area (Å²) in [6, 6.07) is 8.46. The minimum Gasteiger partial charge on any atom is -0.352 e. The minimum atomic E-state index is 1.01. The number of aromatic nitrogens is 1. The van der Waals surface area contributed by atoms with E-state index in [1.807, 2.05) is 6.21 Å². The molecule has 0 bridgehead atoms. The first-order valence-electron chi connectivity index (χ1n) is 6.23. The predicted octanol–water partition coefficient (Wildman–Crippen LogP) is 4.01. The molecule has 2 heteroatoms. The van der Waals surface area contributed by atoms with E-state index in [1.54, 1.807) is 0 Å². The van der Waals surface area contributed by atoms with Crippen LogP contribution < -0.4 is 0 Å². The summed E-state index contributed by atoms with van der Waals surface area (Å²) in [5.74, 6) is 0. The fraction of sp³-hybridized carbons (Fsp3) is 0.312. The van der Waals surface area contributed by atoms with Crippen LogP contribution in [0.4, 0.5) is 5.69 Å². The second-order valence-corrected chi connectivity index (χ2v) is 4.91. The van der Waals surface area contributed by atoms with Crippen molar-refractivity contribution in [2.45, 2.75) is 27.7 Å². The molecule has 2 rings (SSSR count). The maximum absolute atomic E-state index is 4.56. The monoisotopic (exact) mass is 240 g/mol. The van der Waals surface area contributed by atoms with E-state index in [0.29, 0.717) is 0 Å². The molecule has 94 valence electrons. The molecule has 18 heavy (non-hydrogen) atoms. The highest BCUT2D eigenvalue weighted by atomic mass is 14.9. The lowest BCUT2D eigenvalue weighted by molar-refractivity contribution is 0.843. The Morgan fingerprint density at radius 3 is 2.28 bits per heavy atom. The molecular formula is C16H20N2. The van der Waals surface area contributed by atoms with Gasteiger partial charge in [-0.25, -0.2) is 0 Å². The van der Waals surface area contributed by atoms with Crippen LogP contribution in [0.3, 0.4) is 0 Å². The summed E-state index contributed by atoms with van der Waals surface area (Å²) in [6.45, 7) is 8.47. The lowest BCUT2D eigenvalue weighted by Crippen LogP contribution is -1.93. The molecule has 0 aliphatic rings. The molecule has 2 nitrogen and oxygen atoms in total. The standard InChI is InChI=1S/C16H20N2/c1-11-6-7-16(8-12(11)2)17-10-15-9-13(3)18(5)14(15)4/h6-10H,1-5H3. The number of aliphatic imine (C=N–C) groups is 1. The Morgan fingerprint density at radius 1 is 1.00 bits per heavy atom. The summed E-state index contributed by atoms with van der Waals surface area (Å²) in [5.41, 5.74) is 7.30. The van der Waals surface area contributed by atoms with Gasteiger partial charge in [0.15, 0.2) is 0 Å². The first-order valence-corrected chi connectivity index (χ1v) is 6.23. The first-order chi connectivity index (χ1) is 8.49. The molecule has 0 saturated carbocycles. The molecule has 0 atom stereocenters. The van der Waals surface area contributed by atoms with Crippen molar-refractivity contribution in [1.29, 1.82) is 0 Å². The van der Waals surface area contributed by atoms with Gasteiger partial charge in [0.2, 0.25) is 0 Å². The topological polar surface area (TPSA) is 17.3 Å². The van der Waals surface area contributed by atoms with E-state index in [4.69, 9.17) is 0 Å². The molecule has 0 N–H and O–H groups in total. The van der Waals surface area contributed by atoms with Crippen molar-refractivity contribution in [2.75, 3.05) is 0 Å². The van der Waals surface area contributed by atoms with Crippen LogP contribution in [0, 0.1) is 27.7 Å². The van der Waals surface area contributed by atoms with Gasteiger partial charge in [-0.2, -0.15) is 0 Å². The zero-order valence-corrected chi connectivity index (χ0v) is 11.8. The molecule has 0 aliphatic heterocycles. The lowest BCUT2D eigenvalue weighted by Gasteiger charge is -2.01. The van der Waals surface area contributed by atoms with Crippen LogP contribution in [-0.2, 0) is 7.05 Å². The Hall–Kier alpha value is -1.83. The highest BCUT2D eigenvalue weighted by molar-refractivity contribution is 5.83. The Labute approximate surface area is 109 Å². The van der Waals surface area contributed by atoms with Crippen LogP contribution >= 0.6 is 0 Å². The number of hydrogen-bond acceptors (Lipinski definition) is 1. The molecular weight excluding hydrogens is 220 g/mol. The SMILES string of the molecule is Cc1ccc(N=Cc2cc(C)n(C)c2C)cc1C. The maximum atomic E-state index is 4.56. The molecule has 1 aromatic heterocycles. The van der Waals surface area contributed by atoms with E-state index in [-0.39, 0.29) is 0 Å². The number of benzene rings is 1. The highest BCUT2D eigenvalue weighted by Gasteiger charge is 2.03. The van der Waals surface area contributed by atoms with Gasteiger partial charge in [-0.1, -0.05) is 6.07 Å². The van der Waals surface area contributed by atoms with Gasteiger partial charge in [-0.15, -0.1) is 0 Å². The molecule has 0 aliphatic carbocycles. The summed E-state index contributed by atoms with van der Waals surface area (Å²) in [4.78, 5) is 4.56. The van der Waals surface area contributed by atoms with Crippen LogP contribution in [0.25, 0.3) is 0 Å². The van der Waals surface area contributed by atoms with Gasteiger partial charge < -0.3 is 4.57 Å². The average Bonchev–Trinajstić information content (AvgIpc) is 2.58. The van der Waals surface area contributed by atoms with Crippen molar-refractivity contribution in [3.63, 3.8) is 0 Å². The van der Waals surface area contributed by atoms with E-state index < -0.39 is 0 Å². The molecule has 0 unspecified atom stereocenters. The van der Waals surface area contributed by atoms with E-state index in [2.05, 4.69) is 68.6 Å². The highest BCUT2D eigenvalue weighted by Crippen LogP contribution is 2.18. The quantitative estimate of drug-likeness (QED) is 0.706. The van der Waals surface area contributed by atoms with Gasteiger partial charge in [0, 0.05) is 30.2 Å². The number of rotatable bonds is 2. The largest absolute Gasteiger partial charge is 0.352 e. The van der Waals surface area contributed by atoms with Crippen molar-refractivity contribution in [3.8, 4) is 0 Å². The molecule has 1 aromatic carbocycles. The fourth-order valence-corrected chi connectivity index (χ4v) is 1.97. The molecule has 0 amide bonds. The third-order valence-corrected chi connectivity index (χ3v) is 3.66. The maximum Gasteiger partial charge on any atom is 0.0632 e. The van der Waals surface area contributed by atoms with Gasteiger partial charge in [-0.05, 0) is 57.0 Å². The average molecular weight is 240 g/mol. The van der Waals surface area contributed by atoms with E-state index >= 15 is 0 Å². The van der Waals surface area contributed by atoms with Crippen LogP contribution in [0.5, 0.6) is 0 Å². The normalized spacial score (nSPS) is 11.4. The van der Waals surface area contributed by atoms with Gasteiger partial charge in [0.25, 0.3) is 0 Å². The Balaban J connectivity index is 2.30. The van der Waals surface area contributed by atoms with E-state index in [0.717, 1.165) is 5.69 Å². The van der Waals surface area contributed by atoms with Crippen molar-refractivity contribution in [2.24, 2.45) is 12.0 Å². The van der Waals surface area contributed by atoms with Crippen molar-refractivity contribution in [3.05, 3.63) is 52.3 Å². The fourth-order valence-electron chi connectivity index (χ4n) is 1.97.